The molecule has 0 aliphatic rings. The second-order valence-corrected chi connectivity index (χ2v) is 4.74. The van der Waals surface area contributed by atoms with Gasteiger partial charge in [-0.05, 0) is 35.9 Å². The second kappa shape index (κ2) is 8.70. The third-order valence-corrected chi connectivity index (χ3v) is 3.20. The van der Waals surface area contributed by atoms with Gasteiger partial charge in [0.2, 0.25) is 0 Å². The van der Waals surface area contributed by atoms with E-state index < -0.39 is 0 Å². The molecule has 0 atom stereocenters. The number of likely N-dealkylation sites (N-methyl/N-ethyl adjacent to an activating group) is 1. The molecule has 0 fully saturated rings. The highest BCUT2D eigenvalue weighted by molar-refractivity contribution is 7.07. The van der Waals surface area contributed by atoms with Crippen molar-refractivity contribution in [3.05, 3.63) is 22.4 Å². The summed E-state index contributed by atoms with van der Waals surface area (Å²) in [6.45, 7) is 5.07. The van der Waals surface area contributed by atoms with Crippen LogP contribution in [0.25, 0.3) is 0 Å². The van der Waals surface area contributed by atoms with Gasteiger partial charge in [0.25, 0.3) is 0 Å². The quantitative estimate of drug-likeness (QED) is 0.668. The SMILES string of the molecule is COCCCN(C)CCNCc1ccsc1. The molecule has 1 aromatic heterocycles. The van der Waals surface area contributed by atoms with Gasteiger partial charge in [-0.25, -0.2) is 0 Å². The molecular formula is C12H22N2OS. The van der Waals surface area contributed by atoms with E-state index in [4.69, 9.17) is 4.74 Å². The summed E-state index contributed by atoms with van der Waals surface area (Å²) in [7, 11) is 3.91. The van der Waals surface area contributed by atoms with Crippen LogP contribution in [0.4, 0.5) is 0 Å². The molecule has 3 nitrogen and oxygen atoms in total. The first-order chi connectivity index (χ1) is 7.83. The van der Waals surface area contributed by atoms with E-state index in [2.05, 4.69) is 34.1 Å². The zero-order valence-corrected chi connectivity index (χ0v) is 11.1. The van der Waals surface area contributed by atoms with Crippen molar-refractivity contribution in [1.82, 2.24) is 10.2 Å². The predicted octanol–water partition coefficient (Wildman–Crippen LogP) is 1.81. The van der Waals surface area contributed by atoms with Crippen LogP contribution in [0, 0.1) is 0 Å². The van der Waals surface area contributed by atoms with Crippen molar-refractivity contribution in [3.8, 4) is 0 Å². The molecule has 0 saturated heterocycles. The average Bonchev–Trinajstić information content (AvgIpc) is 2.78. The summed E-state index contributed by atoms with van der Waals surface area (Å²) >= 11 is 1.75. The maximum atomic E-state index is 5.03. The van der Waals surface area contributed by atoms with E-state index in [1.165, 1.54) is 5.56 Å². The van der Waals surface area contributed by atoms with Crippen molar-refractivity contribution >= 4 is 11.3 Å². The molecule has 0 aliphatic heterocycles. The summed E-state index contributed by atoms with van der Waals surface area (Å²) < 4.78 is 5.03. The van der Waals surface area contributed by atoms with E-state index in [1.54, 1.807) is 18.4 Å². The van der Waals surface area contributed by atoms with Gasteiger partial charge in [-0.2, -0.15) is 11.3 Å². The normalized spacial score (nSPS) is 11.2. The van der Waals surface area contributed by atoms with Gasteiger partial charge in [0.05, 0.1) is 0 Å². The molecule has 1 aromatic rings. The van der Waals surface area contributed by atoms with Crippen LogP contribution < -0.4 is 5.32 Å². The molecule has 92 valence electrons. The van der Waals surface area contributed by atoms with Gasteiger partial charge in [-0.15, -0.1) is 0 Å². The van der Waals surface area contributed by atoms with Gasteiger partial charge in [-0.1, -0.05) is 0 Å². The van der Waals surface area contributed by atoms with Crippen LogP contribution >= 0.6 is 11.3 Å². The number of nitrogens with one attached hydrogen (secondary N) is 1. The smallest absolute Gasteiger partial charge is 0.0474 e. The molecule has 0 spiro atoms. The molecule has 0 radical (unpaired) electrons. The van der Waals surface area contributed by atoms with E-state index in [0.717, 1.165) is 39.2 Å². The zero-order chi connectivity index (χ0) is 11.6. The lowest BCUT2D eigenvalue weighted by Gasteiger charge is -2.16. The molecule has 0 bridgehead atoms. The summed E-state index contributed by atoms with van der Waals surface area (Å²) in [5.74, 6) is 0. The number of hydrogen-bond acceptors (Lipinski definition) is 4. The molecule has 16 heavy (non-hydrogen) atoms. The van der Waals surface area contributed by atoms with Gasteiger partial charge < -0.3 is 15.0 Å². The third-order valence-electron chi connectivity index (χ3n) is 2.47. The molecule has 4 heteroatoms. The first-order valence-corrected chi connectivity index (χ1v) is 6.66. The Hall–Kier alpha value is -0.420. The summed E-state index contributed by atoms with van der Waals surface area (Å²) in [4.78, 5) is 2.33. The van der Waals surface area contributed by atoms with Gasteiger partial charge in [0.1, 0.15) is 0 Å². The molecule has 0 saturated carbocycles. The fourth-order valence-corrected chi connectivity index (χ4v) is 2.16. The fraction of sp³-hybridized carbons (Fsp3) is 0.667. The van der Waals surface area contributed by atoms with Crippen LogP contribution in [0.15, 0.2) is 16.8 Å². The largest absolute Gasteiger partial charge is 0.385 e. The van der Waals surface area contributed by atoms with Crippen LogP contribution in [-0.2, 0) is 11.3 Å². The maximum Gasteiger partial charge on any atom is 0.0474 e. The van der Waals surface area contributed by atoms with Crippen LogP contribution in [0.3, 0.4) is 0 Å². The van der Waals surface area contributed by atoms with Gasteiger partial charge in [-0.3, -0.25) is 0 Å². The number of methoxy groups -OCH3 is 1. The molecule has 1 N–H and O–H groups in total. The minimum atomic E-state index is 0.854. The zero-order valence-electron chi connectivity index (χ0n) is 10.2. The van der Waals surface area contributed by atoms with Crippen LogP contribution in [0.2, 0.25) is 0 Å². The monoisotopic (exact) mass is 242 g/mol. The molecule has 0 unspecified atom stereocenters. The Bertz CT molecular complexity index is 252. The van der Waals surface area contributed by atoms with Gasteiger partial charge in [0.15, 0.2) is 0 Å². The van der Waals surface area contributed by atoms with E-state index in [0.29, 0.717) is 0 Å². The minimum absolute atomic E-state index is 0.854. The van der Waals surface area contributed by atoms with Crippen LogP contribution in [0.5, 0.6) is 0 Å². The summed E-state index contributed by atoms with van der Waals surface area (Å²) in [5, 5.41) is 7.75. The number of thiophene rings is 1. The number of nitrogens with zero attached hydrogens (tertiary/aromatic N) is 1. The molecule has 1 rings (SSSR count). The van der Waals surface area contributed by atoms with Crippen molar-refractivity contribution in [2.75, 3.05) is 40.4 Å². The Morgan fingerprint density at radius 1 is 1.44 bits per heavy atom. The van der Waals surface area contributed by atoms with Gasteiger partial charge >= 0.3 is 0 Å². The molecule has 0 aliphatic carbocycles. The van der Waals surface area contributed by atoms with E-state index in [9.17, 15) is 0 Å². The fourth-order valence-electron chi connectivity index (χ4n) is 1.49. The Balaban J connectivity index is 1.94. The number of hydrogen-bond donors (Lipinski definition) is 1. The maximum absolute atomic E-state index is 5.03. The first kappa shape index (κ1) is 13.6. The molecule has 1 heterocycles. The summed E-state index contributed by atoms with van der Waals surface area (Å²) in [6.07, 6.45) is 1.11. The highest BCUT2D eigenvalue weighted by Crippen LogP contribution is 2.04. The lowest BCUT2D eigenvalue weighted by atomic mass is 10.3. The van der Waals surface area contributed by atoms with E-state index in [1.807, 2.05) is 0 Å². The number of ether oxygens (including phenoxy) is 1. The third kappa shape index (κ3) is 6.23. The summed E-state index contributed by atoms with van der Waals surface area (Å²) in [5.41, 5.74) is 1.38. The Morgan fingerprint density at radius 2 is 2.31 bits per heavy atom. The Morgan fingerprint density at radius 3 is 3.00 bits per heavy atom. The topological polar surface area (TPSA) is 24.5 Å². The van der Waals surface area contributed by atoms with Crippen molar-refractivity contribution in [1.29, 1.82) is 0 Å². The van der Waals surface area contributed by atoms with Gasteiger partial charge in [0, 0.05) is 39.9 Å². The Labute approximate surface area is 102 Å². The molecule has 0 aromatic carbocycles. The molecular weight excluding hydrogens is 220 g/mol. The number of rotatable bonds is 9. The highest BCUT2D eigenvalue weighted by atomic mass is 32.1. The Kier molecular flexibility index (Phi) is 7.42. The highest BCUT2D eigenvalue weighted by Gasteiger charge is 1.97. The van der Waals surface area contributed by atoms with Crippen LogP contribution in [0.1, 0.15) is 12.0 Å². The van der Waals surface area contributed by atoms with Crippen molar-refractivity contribution in [2.24, 2.45) is 0 Å². The minimum Gasteiger partial charge on any atom is -0.385 e. The van der Waals surface area contributed by atoms with Crippen molar-refractivity contribution in [3.63, 3.8) is 0 Å². The second-order valence-electron chi connectivity index (χ2n) is 3.96. The summed E-state index contributed by atoms with van der Waals surface area (Å²) in [6, 6.07) is 2.17. The lowest BCUT2D eigenvalue weighted by Crippen LogP contribution is -2.30. The van der Waals surface area contributed by atoms with E-state index in [-0.39, 0.29) is 0 Å². The van der Waals surface area contributed by atoms with E-state index >= 15 is 0 Å². The standard InChI is InChI=1S/C12H22N2OS/c1-14(6-3-8-15-2)7-5-13-10-12-4-9-16-11-12/h4,9,11,13H,3,5-8,10H2,1-2H3. The van der Waals surface area contributed by atoms with Crippen molar-refractivity contribution < 1.29 is 4.74 Å². The van der Waals surface area contributed by atoms with Crippen LogP contribution in [-0.4, -0.2) is 45.3 Å². The first-order valence-electron chi connectivity index (χ1n) is 5.72. The average molecular weight is 242 g/mol. The van der Waals surface area contributed by atoms with Crippen molar-refractivity contribution in [2.45, 2.75) is 13.0 Å². The predicted molar refractivity (Wildman–Crippen MR) is 70.0 cm³/mol. The lowest BCUT2D eigenvalue weighted by molar-refractivity contribution is 0.179. The molecule has 0 amide bonds.